The molecule has 0 aliphatic carbocycles. The Kier molecular flexibility index (Phi) is 6.64. The van der Waals surface area contributed by atoms with Gasteiger partial charge in [0.1, 0.15) is 0 Å². The number of anilines is 1. The lowest BCUT2D eigenvalue weighted by Gasteiger charge is -2.13. The van der Waals surface area contributed by atoms with Crippen LogP contribution < -0.4 is 5.32 Å². The van der Waals surface area contributed by atoms with E-state index in [0.717, 1.165) is 16.5 Å². The Hall–Kier alpha value is -3.79. The summed E-state index contributed by atoms with van der Waals surface area (Å²) in [5.41, 5.74) is 4.05. The molecule has 2 aromatic heterocycles. The molecule has 2 heterocycles. The van der Waals surface area contributed by atoms with Gasteiger partial charge in [0.05, 0.1) is 29.1 Å². The normalized spacial score (nSPS) is 10.9. The first kappa shape index (κ1) is 22.4. The summed E-state index contributed by atoms with van der Waals surface area (Å²) in [7, 11) is 0. The maximum absolute atomic E-state index is 12.8. The van der Waals surface area contributed by atoms with Crippen LogP contribution in [0.3, 0.4) is 0 Å². The van der Waals surface area contributed by atoms with E-state index in [1.807, 2.05) is 43.3 Å². The highest BCUT2D eigenvalue weighted by Crippen LogP contribution is 2.29. The average Bonchev–Trinajstić information content (AvgIpc) is 3.26. The number of para-hydroxylation sites is 1. The van der Waals surface area contributed by atoms with Gasteiger partial charge in [-0.3, -0.25) is 9.78 Å². The highest BCUT2D eigenvalue weighted by atomic mass is 32.2. The molecule has 168 valence electrons. The predicted molar refractivity (Wildman–Crippen MR) is 125 cm³/mol. The lowest BCUT2D eigenvalue weighted by Crippen LogP contribution is -2.12. The standard InChI is InChI=1S/C23H22N6O3S/c1-4-32-22(31)21-14(2)18-10-5-6-11-19(18)25-20(21)13-33-23-26-27-28-29(23)17-9-7-8-16(12-17)24-15(3)30/h5-12H,4,13H2,1-3H3,(H,24,30). The number of nitrogens with one attached hydrogen (secondary N) is 1. The molecule has 0 aliphatic heterocycles. The minimum Gasteiger partial charge on any atom is -0.462 e. The number of hydrogen-bond acceptors (Lipinski definition) is 8. The number of amides is 1. The first-order valence-electron chi connectivity index (χ1n) is 10.3. The van der Waals surface area contributed by atoms with Crippen molar-refractivity contribution < 1.29 is 14.3 Å². The third kappa shape index (κ3) is 4.85. The topological polar surface area (TPSA) is 112 Å². The second-order valence-electron chi connectivity index (χ2n) is 7.19. The van der Waals surface area contributed by atoms with Gasteiger partial charge in [-0.1, -0.05) is 36.0 Å². The molecule has 33 heavy (non-hydrogen) atoms. The maximum atomic E-state index is 12.8. The zero-order valence-corrected chi connectivity index (χ0v) is 19.2. The lowest BCUT2D eigenvalue weighted by atomic mass is 10.0. The highest BCUT2D eigenvalue weighted by molar-refractivity contribution is 7.98. The van der Waals surface area contributed by atoms with Gasteiger partial charge in [-0.25, -0.2) is 4.79 Å². The van der Waals surface area contributed by atoms with E-state index in [4.69, 9.17) is 9.72 Å². The summed E-state index contributed by atoms with van der Waals surface area (Å²) in [5.74, 6) is -0.194. The molecule has 0 atom stereocenters. The van der Waals surface area contributed by atoms with Gasteiger partial charge in [-0.2, -0.15) is 4.68 Å². The number of aromatic nitrogens is 5. The van der Waals surface area contributed by atoms with E-state index >= 15 is 0 Å². The molecule has 0 spiro atoms. The van der Waals surface area contributed by atoms with Crippen molar-refractivity contribution in [3.05, 3.63) is 65.4 Å². The number of carbonyl (C=O) groups is 2. The number of rotatable bonds is 7. The number of thioether (sulfide) groups is 1. The van der Waals surface area contributed by atoms with Crippen LogP contribution >= 0.6 is 11.8 Å². The Morgan fingerprint density at radius 3 is 2.76 bits per heavy atom. The number of hydrogen-bond donors (Lipinski definition) is 1. The molecule has 1 N–H and O–H groups in total. The van der Waals surface area contributed by atoms with Gasteiger partial charge in [0.15, 0.2) is 0 Å². The van der Waals surface area contributed by atoms with Crippen LogP contribution in [0.15, 0.2) is 53.7 Å². The third-order valence-electron chi connectivity index (χ3n) is 4.90. The molecule has 2 aromatic carbocycles. The predicted octanol–water partition coefficient (Wildman–Crippen LogP) is 3.95. The summed E-state index contributed by atoms with van der Waals surface area (Å²) in [6.07, 6.45) is 0. The maximum Gasteiger partial charge on any atom is 0.340 e. The van der Waals surface area contributed by atoms with Crippen molar-refractivity contribution in [1.82, 2.24) is 25.2 Å². The van der Waals surface area contributed by atoms with Gasteiger partial charge in [-0.15, -0.1) is 5.10 Å². The van der Waals surface area contributed by atoms with Crippen molar-refractivity contribution in [2.45, 2.75) is 31.7 Å². The first-order valence-corrected chi connectivity index (χ1v) is 11.3. The Morgan fingerprint density at radius 2 is 1.97 bits per heavy atom. The summed E-state index contributed by atoms with van der Waals surface area (Å²) < 4.78 is 6.88. The SMILES string of the molecule is CCOC(=O)c1c(CSc2nnnn2-c2cccc(NC(C)=O)c2)nc2ccccc2c1C. The van der Waals surface area contributed by atoms with E-state index in [0.29, 0.717) is 33.5 Å². The minimum atomic E-state index is -0.397. The van der Waals surface area contributed by atoms with Crippen LogP contribution in [-0.4, -0.2) is 43.7 Å². The number of aryl methyl sites for hydroxylation is 1. The third-order valence-corrected chi connectivity index (χ3v) is 5.83. The summed E-state index contributed by atoms with van der Waals surface area (Å²) in [6, 6.07) is 14.9. The number of esters is 1. The van der Waals surface area contributed by atoms with E-state index < -0.39 is 5.97 Å². The van der Waals surface area contributed by atoms with Crippen molar-refractivity contribution in [3.8, 4) is 5.69 Å². The zero-order valence-electron chi connectivity index (χ0n) is 18.4. The second-order valence-corrected chi connectivity index (χ2v) is 8.13. The summed E-state index contributed by atoms with van der Waals surface area (Å²) in [4.78, 5) is 28.9. The summed E-state index contributed by atoms with van der Waals surface area (Å²) in [5, 5.41) is 16.2. The van der Waals surface area contributed by atoms with Gasteiger partial charge >= 0.3 is 5.97 Å². The summed E-state index contributed by atoms with van der Waals surface area (Å²) >= 11 is 1.36. The number of carbonyl (C=O) groups excluding carboxylic acids is 2. The van der Waals surface area contributed by atoms with Gasteiger partial charge in [0, 0.05) is 23.8 Å². The van der Waals surface area contributed by atoms with Crippen LogP contribution in [0.25, 0.3) is 16.6 Å². The molecule has 0 fully saturated rings. The quantitative estimate of drug-likeness (QED) is 0.325. The lowest BCUT2D eigenvalue weighted by molar-refractivity contribution is -0.114. The molecule has 4 aromatic rings. The molecular formula is C23H22N6O3S. The summed E-state index contributed by atoms with van der Waals surface area (Å²) in [6.45, 7) is 5.41. The van der Waals surface area contributed by atoms with E-state index in [2.05, 4.69) is 20.8 Å². The monoisotopic (exact) mass is 462 g/mol. The fraction of sp³-hybridized carbons (Fsp3) is 0.217. The molecular weight excluding hydrogens is 440 g/mol. The Balaban J connectivity index is 1.67. The van der Waals surface area contributed by atoms with Gasteiger partial charge in [-0.05, 0) is 54.1 Å². The van der Waals surface area contributed by atoms with Crippen LogP contribution in [0, 0.1) is 6.92 Å². The average molecular weight is 463 g/mol. The number of pyridine rings is 1. The number of fused-ring (bicyclic) bond motifs is 1. The number of benzene rings is 2. The molecule has 0 radical (unpaired) electrons. The Bertz CT molecular complexity index is 1340. The number of nitrogens with zero attached hydrogens (tertiary/aromatic N) is 5. The van der Waals surface area contributed by atoms with E-state index in [9.17, 15) is 9.59 Å². The fourth-order valence-corrected chi connectivity index (χ4v) is 4.33. The van der Waals surface area contributed by atoms with Gasteiger partial charge in [0.2, 0.25) is 11.1 Å². The molecule has 1 amide bonds. The second kappa shape index (κ2) is 9.78. The van der Waals surface area contributed by atoms with Crippen molar-refractivity contribution in [1.29, 1.82) is 0 Å². The molecule has 0 unspecified atom stereocenters. The Morgan fingerprint density at radius 1 is 1.15 bits per heavy atom. The van der Waals surface area contributed by atoms with Crippen molar-refractivity contribution >= 4 is 40.2 Å². The fourth-order valence-electron chi connectivity index (χ4n) is 3.50. The largest absolute Gasteiger partial charge is 0.462 e. The molecule has 10 heteroatoms. The van der Waals surface area contributed by atoms with Crippen molar-refractivity contribution in [2.75, 3.05) is 11.9 Å². The zero-order chi connectivity index (χ0) is 23.4. The minimum absolute atomic E-state index is 0.164. The number of tetrazole rings is 1. The van der Waals surface area contributed by atoms with Crippen molar-refractivity contribution in [3.63, 3.8) is 0 Å². The molecule has 0 bridgehead atoms. The highest BCUT2D eigenvalue weighted by Gasteiger charge is 2.21. The van der Waals surface area contributed by atoms with E-state index in [1.54, 1.807) is 23.7 Å². The van der Waals surface area contributed by atoms with Crippen LogP contribution in [-0.2, 0) is 15.3 Å². The van der Waals surface area contributed by atoms with Gasteiger partial charge in [0.25, 0.3) is 0 Å². The van der Waals surface area contributed by atoms with Crippen molar-refractivity contribution in [2.24, 2.45) is 0 Å². The first-order chi connectivity index (χ1) is 16.0. The van der Waals surface area contributed by atoms with Crippen LogP contribution in [0.5, 0.6) is 0 Å². The number of ether oxygens (including phenoxy) is 1. The molecule has 9 nitrogen and oxygen atoms in total. The molecule has 0 saturated heterocycles. The molecule has 0 aliphatic rings. The van der Waals surface area contributed by atoms with E-state index in [-0.39, 0.29) is 12.5 Å². The van der Waals surface area contributed by atoms with Crippen LogP contribution in [0.1, 0.15) is 35.5 Å². The van der Waals surface area contributed by atoms with Crippen LogP contribution in [0.2, 0.25) is 0 Å². The smallest absolute Gasteiger partial charge is 0.340 e. The van der Waals surface area contributed by atoms with Crippen LogP contribution in [0.4, 0.5) is 5.69 Å². The van der Waals surface area contributed by atoms with Gasteiger partial charge < -0.3 is 10.1 Å². The molecule has 4 rings (SSSR count). The Labute approximate surface area is 194 Å². The molecule has 0 saturated carbocycles. The van der Waals surface area contributed by atoms with E-state index in [1.165, 1.54) is 18.7 Å².